The van der Waals surface area contributed by atoms with Crippen molar-refractivity contribution in [1.29, 1.82) is 0 Å². The Morgan fingerprint density at radius 2 is 1.94 bits per heavy atom. The fourth-order valence-electron chi connectivity index (χ4n) is 1.71. The van der Waals surface area contributed by atoms with Gasteiger partial charge >= 0.3 is 0 Å². The van der Waals surface area contributed by atoms with Gasteiger partial charge in [0.05, 0.1) is 19.8 Å². The number of rotatable bonds is 4. The van der Waals surface area contributed by atoms with E-state index in [0.717, 1.165) is 4.88 Å². The summed E-state index contributed by atoms with van der Waals surface area (Å²) in [5.41, 5.74) is 1.21. The molecule has 0 unspecified atom stereocenters. The van der Waals surface area contributed by atoms with Gasteiger partial charge in [-0.2, -0.15) is 0 Å². The van der Waals surface area contributed by atoms with Gasteiger partial charge in [0, 0.05) is 15.8 Å². The summed E-state index contributed by atoms with van der Waals surface area (Å²) in [6.45, 7) is 1.98. The predicted octanol–water partition coefficient (Wildman–Crippen LogP) is 3.30. The molecule has 0 saturated heterocycles. The van der Waals surface area contributed by atoms with Gasteiger partial charge in [-0.3, -0.25) is 4.79 Å². The van der Waals surface area contributed by atoms with Crippen LogP contribution in [0, 0.1) is 6.92 Å². The first-order valence-electron chi connectivity index (χ1n) is 5.47. The van der Waals surface area contributed by atoms with Crippen molar-refractivity contribution in [3.8, 4) is 11.5 Å². The second kappa shape index (κ2) is 5.23. The molecule has 0 N–H and O–H groups in total. The molecule has 2 rings (SSSR count). The number of ether oxygens (including phenoxy) is 2. The lowest BCUT2D eigenvalue weighted by atomic mass is 10.0. The molecular formula is C14H14O3S. The van der Waals surface area contributed by atoms with Crippen molar-refractivity contribution in [1.82, 2.24) is 0 Å². The number of methoxy groups -OCH3 is 2. The summed E-state index contributed by atoms with van der Waals surface area (Å²) in [5.74, 6) is 1.16. The zero-order valence-electron chi connectivity index (χ0n) is 10.5. The minimum Gasteiger partial charge on any atom is -0.497 e. The molecule has 0 aliphatic heterocycles. The minimum absolute atomic E-state index is 0.0462. The molecule has 0 bridgehead atoms. The van der Waals surface area contributed by atoms with Crippen LogP contribution >= 0.6 is 11.3 Å². The number of carbonyl (C=O) groups is 1. The molecule has 2 aromatic rings. The van der Waals surface area contributed by atoms with Crippen molar-refractivity contribution in [2.75, 3.05) is 14.2 Å². The summed E-state index contributed by atoms with van der Waals surface area (Å²) < 4.78 is 10.4. The molecular weight excluding hydrogens is 248 g/mol. The van der Waals surface area contributed by atoms with Crippen LogP contribution in [0.5, 0.6) is 11.5 Å². The van der Waals surface area contributed by atoms with Gasteiger partial charge in [-0.05, 0) is 31.2 Å². The van der Waals surface area contributed by atoms with E-state index in [0.29, 0.717) is 22.6 Å². The van der Waals surface area contributed by atoms with Gasteiger partial charge in [0.15, 0.2) is 5.78 Å². The van der Waals surface area contributed by atoms with Crippen LogP contribution in [0.25, 0.3) is 0 Å². The molecule has 4 heteroatoms. The first kappa shape index (κ1) is 12.6. The summed E-state index contributed by atoms with van der Waals surface area (Å²) in [6, 6.07) is 7.10. The van der Waals surface area contributed by atoms with Crippen molar-refractivity contribution in [3.05, 3.63) is 45.6 Å². The van der Waals surface area contributed by atoms with Gasteiger partial charge in [-0.15, -0.1) is 11.3 Å². The van der Waals surface area contributed by atoms with Gasteiger partial charge in [0.25, 0.3) is 0 Å². The highest BCUT2D eigenvalue weighted by atomic mass is 32.1. The van der Waals surface area contributed by atoms with E-state index in [1.165, 1.54) is 0 Å². The molecule has 3 nitrogen and oxygen atoms in total. The van der Waals surface area contributed by atoms with Crippen molar-refractivity contribution in [2.45, 2.75) is 6.92 Å². The summed E-state index contributed by atoms with van der Waals surface area (Å²) >= 11 is 1.56. The van der Waals surface area contributed by atoms with Gasteiger partial charge in [-0.25, -0.2) is 0 Å². The van der Waals surface area contributed by atoms with Gasteiger partial charge in [-0.1, -0.05) is 0 Å². The van der Waals surface area contributed by atoms with Crippen LogP contribution < -0.4 is 9.47 Å². The third kappa shape index (κ3) is 2.38. The zero-order chi connectivity index (χ0) is 13.1. The fourth-order valence-corrected chi connectivity index (χ4v) is 2.39. The number of carbonyl (C=O) groups excluding carboxylic acids is 1. The average molecular weight is 262 g/mol. The largest absolute Gasteiger partial charge is 0.497 e. The molecule has 0 saturated carbocycles. The van der Waals surface area contributed by atoms with E-state index >= 15 is 0 Å². The maximum absolute atomic E-state index is 12.4. The van der Waals surface area contributed by atoms with Crippen LogP contribution in [0.2, 0.25) is 0 Å². The van der Waals surface area contributed by atoms with Crippen LogP contribution in [0.1, 0.15) is 20.8 Å². The zero-order valence-corrected chi connectivity index (χ0v) is 11.3. The predicted molar refractivity (Wildman–Crippen MR) is 72.0 cm³/mol. The van der Waals surface area contributed by atoms with Crippen molar-refractivity contribution in [3.63, 3.8) is 0 Å². The topological polar surface area (TPSA) is 35.5 Å². The molecule has 0 fully saturated rings. The number of benzene rings is 1. The Morgan fingerprint density at radius 1 is 1.17 bits per heavy atom. The molecule has 1 aromatic carbocycles. The Labute approximate surface area is 110 Å². The third-order valence-corrected chi connectivity index (χ3v) is 3.51. The Morgan fingerprint density at radius 3 is 2.50 bits per heavy atom. The van der Waals surface area contributed by atoms with E-state index in [9.17, 15) is 4.79 Å². The Balaban J connectivity index is 2.45. The monoisotopic (exact) mass is 262 g/mol. The van der Waals surface area contributed by atoms with E-state index in [1.54, 1.807) is 43.8 Å². The maximum atomic E-state index is 12.4. The SMILES string of the molecule is COc1ccc(OC)c(C(=O)c2csc(C)c2)c1. The molecule has 0 aliphatic rings. The van der Waals surface area contributed by atoms with Gasteiger partial charge < -0.3 is 9.47 Å². The molecule has 0 atom stereocenters. The fraction of sp³-hybridized carbons (Fsp3) is 0.214. The highest BCUT2D eigenvalue weighted by Crippen LogP contribution is 2.27. The van der Waals surface area contributed by atoms with E-state index in [2.05, 4.69) is 0 Å². The Hall–Kier alpha value is -1.81. The molecule has 18 heavy (non-hydrogen) atoms. The molecule has 0 radical (unpaired) electrons. The second-order valence-electron chi connectivity index (χ2n) is 3.84. The van der Waals surface area contributed by atoms with Crippen LogP contribution in [-0.4, -0.2) is 20.0 Å². The van der Waals surface area contributed by atoms with Crippen LogP contribution in [-0.2, 0) is 0 Å². The second-order valence-corrected chi connectivity index (χ2v) is 4.96. The highest BCUT2D eigenvalue weighted by Gasteiger charge is 2.16. The number of hydrogen-bond donors (Lipinski definition) is 0. The first-order valence-corrected chi connectivity index (χ1v) is 6.35. The van der Waals surface area contributed by atoms with Gasteiger partial charge in [0.2, 0.25) is 0 Å². The number of aryl methyl sites for hydroxylation is 1. The van der Waals surface area contributed by atoms with E-state index in [4.69, 9.17) is 9.47 Å². The molecule has 1 aromatic heterocycles. The number of thiophene rings is 1. The lowest BCUT2D eigenvalue weighted by molar-refractivity contribution is 0.103. The normalized spacial score (nSPS) is 10.2. The smallest absolute Gasteiger partial charge is 0.197 e. The quantitative estimate of drug-likeness (QED) is 0.793. The van der Waals surface area contributed by atoms with Crippen LogP contribution in [0.15, 0.2) is 29.6 Å². The molecule has 1 heterocycles. The highest BCUT2D eigenvalue weighted by molar-refractivity contribution is 7.10. The maximum Gasteiger partial charge on any atom is 0.197 e. The Bertz CT molecular complexity index is 572. The molecule has 94 valence electrons. The lowest BCUT2D eigenvalue weighted by Gasteiger charge is -2.08. The van der Waals surface area contributed by atoms with E-state index < -0.39 is 0 Å². The summed E-state index contributed by atoms with van der Waals surface area (Å²) in [4.78, 5) is 13.5. The van der Waals surface area contributed by atoms with Crippen molar-refractivity contribution < 1.29 is 14.3 Å². The molecule has 0 amide bonds. The first-order chi connectivity index (χ1) is 8.65. The summed E-state index contributed by atoms with van der Waals surface area (Å²) in [6.07, 6.45) is 0. The van der Waals surface area contributed by atoms with Crippen LogP contribution in [0.4, 0.5) is 0 Å². The summed E-state index contributed by atoms with van der Waals surface area (Å²) in [5, 5.41) is 1.86. The van der Waals surface area contributed by atoms with E-state index in [1.807, 2.05) is 18.4 Å². The third-order valence-electron chi connectivity index (χ3n) is 2.64. The minimum atomic E-state index is -0.0462. The average Bonchev–Trinajstić information content (AvgIpc) is 2.83. The van der Waals surface area contributed by atoms with E-state index in [-0.39, 0.29) is 5.78 Å². The van der Waals surface area contributed by atoms with Crippen molar-refractivity contribution >= 4 is 17.1 Å². The van der Waals surface area contributed by atoms with Crippen LogP contribution in [0.3, 0.4) is 0 Å². The lowest BCUT2D eigenvalue weighted by Crippen LogP contribution is -2.03. The molecule has 0 aliphatic carbocycles. The standard InChI is InChI=1S/C14H14O3S/c1-9-6-10(8-18-9)14(15)12-7-11(16-2)4-5-13(12)17-3/h4-8H,1-3H3. The number of ketones is 1. The van der Waals surface area contributed by atoms with Gasteiger partial charge in [0.1, 0.15) is 11.5 Å². The number of hydrogen-bond acceptors (Lipinski definition) is 4. The Kier molecular flexibility index (Phi) is 3.67. The van der Waals surface area contributed by atoms with Crippen molar-refractivity contribution in [2.24, 2.45) is 0 Å². The summed E-state index contributed by atoms with van der Waals surface area (Å²) in [7, 11) is 3.13. The molecule has 0 spiro atoms.